The Morgan fingerprint density at radius 1 is 1.03 bits per heavy atom. The number of amides is 2. The molecule has 2 saturated carbocycles. The average molecular weight is 479 g/mol. The number of nitrogens with zero attached hydrogens (tertiary/aromatic N) is 2. The van der Waals surface area contributed by atoms with E-state index in [1.807, 2.05) is 54.6 Å². The zero-order valence-corrected chi connectivity index (χ0v) is 19.7. The molecule has 4 atom stereocenters. The van der Waals surface area contributed by atoms with Crippen LogP contribution in [0.2, 0.25) is 0 Å². The number of aliphatic carboxylic acids is 1. The molecule has 0 aromatic heterocycles. The molecule has 2 amide bonds. The fraction of sp³-hybridized carbons (Fsp3) is 0.444. The molecule has 5 rings (SSSR count). The number of carbonyl (C=O) groups is 3. The molecule has 0 saturated heterocycles. The molecular formula is C27H30N2O6. The van der Waals surface area contributed by atoms with E-state index in [9.17, 15) is 19.5 Å². The standard InChI is InChI=1S/C27H30N2O6/c1-17(25(30)31)35-27(33)28(19-14-15-19)24-20-10-5-6-12-22(20)29(23-13-7-11-21(23)24)26(32)34-16-18-8-3-2-4-9-18/h2-6,8-10,12,17,19,21,23-24H,7,11,13-16H2,1H3,(H,30,31)/t17-,21?,23?,24?/m1/s1. The molecule has 3 unspecified atom stereocenters. The van der Waals surface area contributed by atoms with Crippen molar-refractivity contribution >= 4 is 23.8 Å². The molecule has 0 radical (unpaired) electrons. The van der Waals surface area contributed by atoms with Gasteiger partial charge in [-0.3, -0.25) is 9.80 Å². The third-order valence-corrected chi connectivity index (χ3v) is 7.26. The van der Waals surface area contributed by atoms with E-state index in [0.717, 1.165) is 48.9 Å². The minimum atomic E-state index is -1.23. The van der Waals surface area contributed by atoms with Crippen molar-refractivity contribution in [3.63, 3.8) is 0 Å². The lowest BCUT2D eigenvalue weighted by molar-refractivity contribution is -0.146. The summed E-state index contributed by atoms with van der Waals surface area (Å²) in [7, 11) is 0. The number of carboxylic acids is 1. The SMILES string of the molecule is C[C@@H](OC(=O)N(C1CC1)C1c2ccccc2N(C(=O)OCc2ccccc2)C2CCCC21)C(=O)O. The van der Waals surface area contributed by atoms with Crippen LogP contribution in [0.1, 0.15) is 56.2 Å². The van der Waals surface area contributed by atoms with Crippen LogP contribution in [0, 0.1) is 5.92 Å². The Kier molecular flexibility index (Phi) is 6.36. The van der Waals surface area contributed by atoms with Gasteiger partial charge in [0.2, 0.25) is 0 Å². The molecule has 2 aromatic rings. The van der Waals surface area contributed by atoms with Gasteiger partial charge in [-0.05, 0) is 49.8 Å². The quantitative estimate of drug-likeness (QED) is 0.619. The smallest absolute Gasteiger partial charge is 0.414 e. The molecule has 1 heterocycles. The molecule has 1 N–H and O–H groups in total. The van der Waals surface area contributed by atoms with Gasteiger partial charge in [-0.2, -0.15) is 0 Å². The molecule has 3 aliphatic rings. The molecule has 0 bridgehead atoms. The van der Waals surface area contributed by atoms with Gasteiger partial charge in [0.05, 0.1) is 11.7 Å². The summed E-state index contributed by atoms with van der Waals surface area (Å²) in [5.74, 6) is -1.16. The molecule has 8 nitrogen and oxygen atoms in total. The molecule has 35 heavy (non-hydrogen) atoms. The predicted molar refractivity (Wildman–Crippen MR) is 128 cm³/mol. The number of carbonyl (C=O) groups excluding carboxylic acids is 2. The van der Waals surface area contributed by atoms with Crippen LogP contribution < -0.4 is 4.90 Å². The van der Waals surface area contributed by atoms with Crippen LogP contribution in [-0.4, -0.2) is 46.3 Å². The van der Waals surface area contributed by atoms with Crippen molar-refractivity contribution in [1.29, 1.82) is 0 Å². The number of para-hydroxylation sites is 1. The Labute approximate surface area is 204 Å². The average Bonchev–Trinajstić information content (AvgIpc) is 3.58. The van der Waals surface area contributed by atoms with Gasteiger partial charge in [0.25, 0.3) is 0 Å². The minimum absolute atomic E-state index is 0.0133. The van der Waals surface area contributed by atoms with E-state index in [4.69, 9.17) is 9.47 Å². The van der Waals surface area contributed by atoms with Crippen LogP contribution in [0.3, 0.4) is 0 Å². The van der Waals surface area contributed by atoms with E-state index in [-0.39, 0.29) is 30.7 Å². The third-order valence-electron chi connectivity index (χ3n) is 7.26. The maximum Gasteiger partial charge on any atom is 0.414 e. The summed E-state index contributed by atoms with van der Waals surface area (Å²) in [5, 5.41) is 9.26. The van der Waals surface area contributed by atoms with Gasteiger partial charge < -0.3 is 14.6 Å². The van der Waals surface area contributed by atoms with Gasteiger partial charge in [0.15, 0.2) is 6.10 Å². The highest BCUT2D eigenvalue weighted by atomic mass is 16.6. The Hall–Kier alpha value is -3.55. The Morgan fingerprint density at radius 3 is 2.46 bits per heavy atom. The molecule has 184 valence electrons. The zero-order chi connectivity index (χ0) is 24.5. The lowest BCUT2D eigenvalue weighted by Crippen LogP contribution is -2.53. The fourth-order valence-electron chi connectivity index (χ4n) is 5.51. The molecule has 0 spiro atoms. The third kappa shape index (κ3) is 4.57. The zero-order valence-electron chi connectivity index (χ0n) is 19.7. The lowest BCUT2D eigenvalue weighted by atomic mass is 9.82. The van der Waals surface area contributed by atoms with Crippen molar-refractivity contribution in [1.82, 2.24) is 4.90 Å². The van der Waals surface area contributed by atoms with E-state index in [2.05, 4.69) is 0 Å². The first-order chi connectivity index (χ1) is 17.0. The van der Waals surface area contributed by atoms with Gasteiger partial charge in [-0.1, -0.05) is 55.0 Å². The monoisotopic (exact) mass is 478 g/mol. The lowest BCUT2D eigenvalue weighted by Gasteiger charge is -2.46. The molecule has 2 aliphatic carbocycles. The number of fused-ring (bicyclic) bond motifs is 2. The number of hydrogen-bond donors (Lipinski definition) is 1. The summed E-state index contributed by atoms with van der Waals surface area (Å²) in [6, 6.07) is 16.9. The van der Waals surface area contributed by atoms with Crippen LogP contribution in [0.5, 0.6) is 0 Å². The van der Waals surface area contributed by atoms with Crippen molar-refractivity contribution in [3.8, 4) is 0 Å². The highest BCUT2D eigenvalue weighted by molar-refractivity contribution is 5.91. The van der Waals surface area contributed by atoms with Crippen molar-refractivity contribution < 1.29 is 29.0 Å². The van der Waals surface area contributed by atoms with Gasteiger partial charge >= 0.3 is 18.2 Å². The van der Waals surface area contributed by atoms with Gasteiger partial charge in [0.1, 0.15) is 6.61 Å². The van der Waals surface area contributed by atoms with E-state index in [0.29, 0.717) is 0 Å². The second kappa shape index (κ2) is 9.60. The van der Waals surface area contributed by atoms with Crippen LogP contribution in [-0.2, 0) is 20.9 Å². The van der Waals surface area contributed by atoms with Crippen molar-refractivity contribution in [2.24, 2.45) is 5.92 Å². The topological polar surface area (TPSA) is 96.4 Å². The number of ether oxygens (including phenoxy) is 2. The van der Waals surface area contributed by atoms with Crippen molar-refractivity contribution in [3.05, 3.63) is 65.7 Å². The Morgan fingerprint density at radius 2 is 1.74 bits per heavy atom. The van der Waals surface area contributed by atoms with Crippen LogP contribution in [0.25, 0.3) is 0 Å². The second-order valence-electron chi connectivity index (χ2n) is 9.58. The summed E-state index contributed by atoms with van der Waals surface area (Å²) in [5.41, 5.74) is 2.53. The molecule has 8 heteroatoms. The predicted octanol–water partition coefficient (Wildman–Crippen LogP) is 5.13. The van der Waals surface area contributed by atoms with Gasteiger partial charge in [0, 0.05) is 18.0 Å². The van der Waals surface area contributed by atoms with E-state index < -0.39 is 24.3 Å². The largest absolute Gasteiger partial charge is 0.479 e. The number of anilines is 1. The summed E-state index contributed by atoms with van der Waals surface area (Å²) < 4.78 is 11.1. The first-order valence-electron chi connectivity index (χ1n) is 12.3. The first-order valence-corrected chi connectivity index (χ1v) is 12.3. The van der Waals surface area contributed by atoms with Crippen LogP contribution >= 0.6 is 0 Å². The van der Waals surface area contributed by atoms with E-state index in [1.165, 1.54) is 6.92 Å². The summed E-state index contributed by atoms with van der Waals surface area (Å²) >= 11 is 0. The minimum Gasteiger partial charge on any atom is -0.479 e. The molecule has 2 aromatic carbocycles. The highest BCUT2D eigenvalue weighted by Gasteiger charge is 2.52. The summed E-state index contributed by atoms with van der Waals surface area (Å²) in [6.45, 7) is 1.55. The molecular weight excluding hydrogens is 448 g/mol. The summed E-state index contributed by atoms with van der Waals surface area (Å²) in [6.07, 6.45) is 2.09. The van der Waals surface area contributed by atoms with Gasteiger partial charge in [-0.15, -0.1) is 0 Å². The normalized spacial score (nSPS) is 23.6. The number of hydrogen-bond acceptors (Lipinski definition) is 5. The van der Waals surface area contributed by atoms with Crippen LogP contribution in [0.15, 0.2) is 54.6 Å². The first kappa shape index (κ1) is 23.2. The summed E-state index contributed by atoms with van der Waals surface area (Å²) in [4.78, 5) is 41.5. The maximum atomic E-state index is 13.4. The van der Waals surface area contributed by atoms with E-state index >= 15 is 0 Å². The number of benzene rings is 2. The van der Waals surface area contributed by atoms with Gasteiger partial charge in [-0.25, -0.2) is 14.4 Å². The Bertz CT molecular complexity index is 1100. The van der Waals surface area contributed by atoms with Crippen molar-refractivity contribution in [2.75, 3.05) is 4.90 Å². The number of carboxylic acid groups (broad SMARTS) is 1. The number of rotatable bonds is 6. The molecule has 1 aliphatic heterocycles. The van der Waals surface area contributed by atoms with Crippen molar-refractivity contribution in [2.45, 2.75) is 69.9 Å². The highest BCUT2D eigenvalue weighted by Crippen LogP contribution is 2.52. The fourth-order valence-corrected chi connectivity index (χ4v) is 5.51. The molecule has 2 fully saturated rings. The van der Waals surface area contributed by atoms with Crippen LogP contribution in [0.4, 0.5) is 15.3 Å². The maximum absolute atomic E-state index is 13.4. The Balaban J connectivity index is 1.46. The second-order valence-corrected chi connectivity index (χ2v) is 9.58. The van der Waals surface area contributed by atoms with E-state index in [1.54, 1.807) is 9.80 Å².